The van der Waals surface area contributed by atoms with Crippen LogP contribution in [-0.4, -0.2) is 20.3 Å². The maximum absolute atomic E-state index is 5.95. The van der Waals surface area contributed by atoms with Crippen LogP contribution in [0.5, 0.6) is 5.75 Å². The van der Waals surface area contributed by atoms with E-state index in [2.05, 4.69) is 58.2 Å². The normalized spacial score (nSPS) is 10.6. The first-order valence-electron chi connectivity index (χ1n) is 6.94. The predicted octanol–water partition coefficient (Wildman–Crippen LogP) is 3.61. The van der Waals surface area contributed by atoms with Gasteiger partial charge in [-0.3, -0.25) is 0 Å². The van der Waals surface area contributed by atoms with Gasteiger partial charge >= 0.3 is 0 Å². The lowest BCUT2D eigenvalue weighted by molar-refractivity contribution is 0.199. The molecular formula is C17H20INO2. The van der Waals surface area contributed by atoms with Crippen molar-refractivity contribution in [1.82, 2.24) is 5.32 Å². The minimum Gasteiger partial charge on any atom is -0.489 e. The maximum Gasteiger partial charge on any atom is 0.124 e. The zero-order valence-corrected chi connectivity index (χ0v) is 14.3. The fourth-order valence-electron chi connectivity index (χ4n) is 1.93. The minimum atomic E-state index is 0.589. The first-order valence-corrected chi connectivity index (χ1v) is 8.02. The van der Waals surface area contributed by atoms with E-state index in [-0.39, 0.29) is 0 Å². The summed E-state index contributed by atoms with van der Waals surface area (Å²) in [4.78, 5) is 0. The molecule has 0 fully saturated rings. The van der Waals surface area contributed by atoms with Crippen LogP contribution in [0, 0.1) is 3.57 Å². The van der Waals surface area contributed by atoms with Gasteiger partial charge in [0.05, 0.1) is 6.61 Å². The third-order valence-corrected chi connectivity index (χ3v) is 3.80. The molecule has 0 bridgehead atoms. The summed E-state index contributed by atoms with van der Waals surface area (Å²) in [7, 11) is 1.71. The Kier molecular flexibility index (Phi) is 6.99. The Bertz CT molecular complexity index is 543. The molecule has 0 aromatic heterocycles. The summed E-state index contributed by atoms with van der Waals surface area (Å²) in [5.41, 5.74) is 2.34. The summed E-state index contributed by atoms with van der Waals surface area (Å²) in [6.45, 7) is 2.92. The van der Waals surface area contributed by atoms with Gasteiger partial charge in [-0.1, -0.05) is 30.3 Å². The fraction of sp³-hybridized carbons (Fsp3) is 0.294. The quantitative estimate of drug-likeness (QED) is 0.546. The van der Waals surface area contributed by atoms with E-state index in [0.717, 1.165) is 18.8 Å². The van der Waals surface area contributed by atoms with E-state index < -0.39 is 0 Å². The van der Waals surface area contributed by atoms with Gasteiger partial charge in [-0.15, -0.1) is 0 Å². The average molecular weight is 397 g/mol. The van der Waals surface area contributed by atoms with Crippen molar-refractivity contribution in [3.8, 4) is 5.75 Å². The molecule has 0 spiro atoms. The van der Waals surface area contributed by atoms with Crippen molar-refractivity contribution < 1.29 is 9.47 Å². The smallest absolute Gasteiger partial charge is 0.124 e. The number of para-hydroxylation sites is 1. The van der Waals surface area contributed by atoms with Crippen LogP contribution in [0.3, 0.4) is 0 Å². The van der Waals surface area contributed by atoms with E-state index in [9.17, 15) is 0 Å². The van der Waals surface area contributed by atoms with Gasteiger partial charge in [0, 0.05) is 29.3 Å². The van der Waals surface area contributed by atoms with Crippen LogP contribution in [0.2, 0.25) is 0 Å². The molecule has 0 atom stereocenters. The molecule has 3 nitrogen and oxygen atoms in total. The molecule has 1 N–H and O–H groups in total. The summed E-state index contributed by atoms with van der Waals surface area (Å²) in [5.74, 6) is 0.931. The van der Waals surface area contributed by atoms with Crippen LogP contribution in [0.1, 0.15) is 11.1 Å². The molecule has 112 valence electrons. The molecule has 21 heavy (non-hydrogen) atoms. The molecule has 0 aliphatic rings. The summed E-state index contributed by atoms with van der Waals surface area (Å²) < 4.78 is 12.2. The molecule has 0 aliphatic heterocycles. The summed E-state index contributed by atoms with van der Waals surface area (Å²) in [6.07, 6.45) is 0. The van der Waals surface area contributed by atoms with Crippen molar-refractivity contribution in [3.05, 3.63) is 63.2 Å². The molecule has 0 radical (unpaired) electrons. The van der Waals surface area contributed by atoms with Crippen molar-refractivity contribution in [2.45, 2.75) is 13.2 Å². The topological polar surface area (TPSA) is 30.5 Å². The van der Waals surface area contributed by atoms with Crippen LogP contribution < -0.4 is 10.1 Å². The molecule has 0 unspecified atom stereocenters. The Hall–Kier alpha value is -1.11. The standard InChI is InChI=1S/C17H20INO2/c1-20-11-10-19-12-15-4-2-3-5-17(15)21-13-14-6-8-16(18)9-7-14/h2-9,19H,10-13H2,1H3. The Morgan fingerprint density at radius 1 is 1.05 bits per heavy atom. The third kappa shape index (κ3) is 5.65. The van der Waals surface area contributed by atoms with E-state index in [1.165, 1.54) is 14.7 Å². The summed E-state index contributed by atoms with van der Waals surface area (Å²) in [6, 6.07) is 16.5. The van der Waals surface area contributed by atoms with Gasteiger partial charge in [0.1, 0.15) is 12.4 Å². The first kappa shape index (κ1) is 16.3. The zero-order valence-electron chi connectivity index (χ0n) is 12.1. The van der Waals surface area contributed by atoms with E-state index in [0.29, 0.717) is 13.2 Å². The van der Waals surface area contributed by atoms with Gasteiger partial charge in [0.2, 0.25) is 0 Å². The van der Waals surface area contributed by atoms with Gasteiger partial charge in [0.25, 0.3) is 0 Å². The second-order valence-corrected chi connectivity index (χ2v) is 5.94. The van der Waals surface area contributed by atoms with E-state index in [1.54, 1.807) is 7.11 Å². The SMILES string of the molecule is COCCNCc1ccccc1OCc1ccc(I)cc1. The Morgan fingerprint density at radius 2 is 1.81 bits per heavy atom. The van der Waals surface area contributed by atoms with Gasteiger partial charge in [0.15, 0.2) is 0 Å². The number of methoxy groups -OCH3 is 1. The number of ether oxygens (including phenoxy) is 2. The Labute approximate surface area is 139 Å². The highest BCUT2D eigenvalue weighted by molar-refractivity contribution is 14.1. The third-order valence-electron chi connectivity index (χ3n) is 3.08. The number of halogens is 1. The molecule has 4 heteroatoms. The average Bonchev–Trinajstić information content (AvgIpc) is 2.52. The number of hydrogen-bond donors (Lipinski definition) is 1. The molecule has 0 aliphatic carbocycles. The van der Waals surface area contributed by atoms with Crippen molar-refractivity contribution >= 4 is 22.6 Å². The second-order valence-electron chi connectivity index (χ2n) is 4.69. The van der Waals surface area contributed by atoms with Crippen molar-refractivity contribution in [2.24, 2.45) is 0 Å². The van der Waals surface area contributed by atoms with Crippen LogP contribution in [0.15, 0.2) is 48.5 Å². The maximum atomic E-state index is 5.95. The van der Waals surface area contributed by atoms with Crippen LogP contribution in [0.4, 0.5) is 0 Å². The van der Waals surface area contributed by atoms with Gasteiger partial charge in [-0.25, -0.2) is 0 Å². The summed E-state index contributed by atoms with van der Waals surface area (Å²) in [5, 5.41) is 3.34. The number of nitrogens with one attached hydrogen (secondary N) is 1. The molecule has 0 saturated heterocycles. The highest BCUT2D eigenvalue weighted by atomic mass is 127. The Balaban J connectivity index is 1.91. The minimum absolute atomic E-state index is 0.589. The lowest BCUT2D eigenvalue weighted by Crippen LogP contribution is -2.19. The number of rotatable bonds is 8. The Morgan fingerprint density at radius 3 is 2.57 bits per heavy atom. The van der Waals surface area contributed by atoms with E-state index in [4.69, 9.17) is 9.47 Å². The zero-order chi connectivity index (χ0) is 14.9. The fourth-order valence-corrected chi connectivity index (χ4v) is 2.29. The van der Waals surface area contributed by atoms with Gasteiger partial charge in [-0.2, -0.15) is 0 Å². The van der Waals surface area contributed by atoms with Crippen molar-refractivity contribution in [2.75, 3.05) is 20.3 Å². The first-order chi connectivity index (χ1) is 10.3. The van der Waals surface area contributed by atoms with Crippen molar-refractivity contribution in [3.63, 3.8) is 0 Å². The van der Waals surface area contributed by atoms with Gasteiger partial charge < -0.3 is 14.8 Å². The molecule has 2 aromatic rings. The lowest BCUT2D eigenvalue weighted by Gasteiger charge is -2.12. The monoisotopic (exact) mass is 397 g/mol. The van der Waals surface area contributed by atoms with E-state index >= 15 is 0 Å². The molecule has 0 heterocycles. The van der Waals surface area contributed by atoms with Crippen LogP contribution >= 0.6 is 22.6 Å². The summed E-state index contributed by atoms with van der Waals surface area (Å²) >= 11 is 2.30. The highest BCUT2D eigenvalue weighted by Gasteiger charge is 2.03. The van der Waals surface area contributed by atoms with Crippen LogP contribution in [-0.2, 0) is 17.9 Å². The number of benzene rings is 2. The molecule has 0 saturated carbocycles. The second kappa shape index (κ2) is 9.02. The highest BCUT2D eigenvalue weighted by Crippen LogP contribution is 2.19. The molecular weight excluding hydrogens is 377 g/mol. The number of hydrogen-bond acceptors (Lipinski definition) is 3. The lowest BCUT2D eigenvalue weighted by atomic mass is 10.2. The largest absolute Gasteiger partial charge is 0.489 e. The molecule has 2 aromatic carbocycles. The van der Waals surface area contributed by atoms with Crippen LogP contribution in [0.25, 0.3) is 0 Å². The molecule has 0 amide bonds. The predicted molar refractivity (Wildman–Crippen MR) is 93.5 cm³/mol. The van der Waals surface area contributed by atoms with Gasteiger partial charge in [-0.05, 0) is 46.4 Å². The van der Waals surface area contributed by atoms with E-state index in [1.807, 2.05) is 18.2 Å². The van der Waals surface area contributed by atoms with Crippen molar-refractivity contribution in [1.29, 1.82) is 0 Å². The molecule has 2 rings (SSSR count).